The first-order valence-corrected chi connectivity index (χ1v) is 11.5. The average molecular weight is 446 g/mol. The van der Waals surface area contributed by atoms with Crippen LogP contribution in [-0.2, 0) is 22.4 Å². The van der Waals surface area contributed by atoms with Gasteiger partial charge in [0.15, 0.2) is 6.61 Å². The van der Waals surface area contributed by atoms with E-state index in [1.54, 1.807) is 30.3 Å². The number of anilines is 1. The molecule has 1 aromatic heterocycles. The van der Waals surface area contributed by atoms with Gasteiger partial charge in [-0.15, -0.1) is 0 Å². The molecule has 170 valence electrons. The fraction of sp³-hybridized carbons (Fsp3) is 0.346. The zero-order valence-electron chi connectivity index (χ0n) is 18.6. The maximum Gasteiger partial charge on any atom is 0.338 e. The number of fused-ring (bicyclic) bond motifs is 3. The molecule has 0 radical (unpaired) electrons. The first kappa shape index (κ1) is 21.2. The molecule has 2 aliphatic carbocycles. The van der Waals surface area contributed by atoms with Gasteiger partial charge in [0.2, 0.25) is 0 Å². The molecule has 3 N–H and O–H groups in total. The number of ether oxygens (including phenoxy) is 1. The van der Waals surface area contributed by atoms with Gasteiger partial charge >= 0.3 is 5.97 Å². The minimum absolute atomic E-state index is 0.216. The predicted octanol–water partition coefficient (Wildman–Crippen LogP) is 3.98. The third-order valence-electron chi connectivity index (χ3n) is 6.36. The Hall–Kier alpha value is -3.61. The lowest BCUT2D eigenvalue weighted by molar-refractivity contribution is -0.119. The maximum atomic E-state index is 12.6. The van der Waals surface area contributed by atoms with E-state index in [0.717, 1.165) is 43.0 Å². The molecule has 0 unspecified atom stereocenters. The number of hydrogen-bond donors (Lipinski definition) is 3. The van der Waals surface area contributed by atoms with Crippen LogP contribution in [0.15, 0.2) is 42.5 Å². The maximum absolute atomic E-state index is 12.6. The molecule has 3 aromatic rings. The number of para-hydroxylation sites is 1. The Labute approximate surface area is 191 Å². The minimum atomic E-state index is -0.550. The van der Waals surface area contributed by atoms with E-state index in [1.165, 1.54) is 11.3 Å². The second kappa shape index (κ2) is 8.73. The van der Waals surface area contributed by atoms with Crippen molar-refractivity contribution in [1.29, 1.82) is 0 Å². The number of aryl methyl sites for hydroxylation is 1. The van der Waals surface area contributed by atoms with Crippen molar-refractivity contribution in [3.63, 3.8) is 0 Å². The van der Waals surface area contributed by atoms with Gasteiger partial charge < -0.3 is 20.4 Å². The summed E-state index contributed by atoms with van der Waals surface area (Å²) < 4.78 is 5.27. The number of amides is 2. The summed E-state index contributed by atoms with van der Waals surface area (Å²) in [4.78, 5) is 40.9. The number of carbonyl (C=O) groups is 3. The first-order valence-electron chi connectivity index (χ1n) is 11.5. The summed E-state index contributed by atoms with van der Waals surface area (Å²) in [5.41, 5.74) is 4.74. The smallest absolute Gasteiger partial charge is 0.338 e. The molecule has 33 heavy (non-hydrogen) atoms. The minimum Gasteiger partial charge on any atom is -0.452 e. The van der Waals surface area contributed by atoms with E-state index >= 15 is 0 Å². The van der Waals surface area contributed by atoms with Gasteiger partial charge in [0.05, 0.1) is 16.8 Å². The topological polar surface area (TPSA) is 100 Å². The van der Waals surface area contributed by atoms with Crippen molar-refractivity contribution in [3.05, 3.63) is 64.8 Å². The highest BCUT2D eigenvalue weighted by atomic mass is 16.5. The molecule has 7 heteroatoms. The molecule has 1 atom stereocenters. The Morgan fingerprint density at radius 2 is 1.91 bits per heavy atom. The first-order chi connectivity index (χ1) is 16.0. The molecule has 5 rings (SSSR count). The zero-order valence-corrected chi connectivity index (χ0v) is 18.6. The summed E-state index contributed by atoms with van der Waals surface area (Å²) in [6, 6.07) is 12.5. The van der Waals surface area contributed by atoms with Crippen LogP contribution >= 0.6 is 0 Å². The molecule has 1 heterocycles. The Balaban J connectivity index is 1.23. The SMILES string of the molecule is C[C@@H]1CCc2[nH]c3ccc(C(=O)OCC(=O)Nc4ccccc4C(=O)NC4CC4)cc3c2C1. The normalized spacial score (nSPS) is 17.3. The number of esters is 1. The Morgan fingerprint density at radius 3 is 2.73 bits per heavy atom. The molecule has 0 spiro atoms. The predicted molar refractivity (Wildman–Crippen MR) is 125 cm³/mol. The van der Waals surface area contributed by atoms with Crippen molar-refractivity contribution in [2.75, 3.05) is 11.9 Å². The molecule has 7 nitrogen and oxygen atoms in total. The van der Waals surface area contributed by atoms with E-state index in [9.17, 15) is 14.4 Å². The van der Waals surface area contributed by atoms with Gasteiger partial charge in [-0.25, -0.2) is 4.79 Å². The van der Waals surface area contributed by atoms with Crippen LogP contribution in [0.1, 0.15) is 58.2 Å². The van der Waals surface area contributed by atoms with E-state index in [2.05, 4.69) is 22.5 Å². The second-order valence-electron chi connectivity index (χ2n) is 9.11. The number of aromatic nitrogens is 1. The van der Waals surface area contributed by atoms with Crippen LogP contribution in [0.3, 0.4) is 0 Å². The molecule has 0 saturated heterocycles. The number of carbonyl (C=O) groups excluding carboxylic acids is 3. The van der Waals surface area contributed by atoms with Crippen LogP contribution in [0, 0.1) is 5.92 Å². The molecule has 1 saturated carbocycles. The van der Waals surface area contributed by atoms with Crippen molar-refractivity contribution >= 4 is 34.4 Å². The number of benzene rings is 2. The lowest BCUT2D eigenvalue weighted by atomic mass is 9.87. The summed E-state index contributed by atoms with van der Waals surface area (Å²) in [6.45, 7) is 1.81. The van der Waals surface area contributed by atoms with Gasteiger partial charge in [-0.05, 0) is 73.9 Å². The number of aromatic amines is 1. The van der Waals surface area contributed by atoms with Crippen LogP contribution in [0.2, 0.25) is 0 Å². The molecule has 0 aliphatic heterocycles. The summed E-state index contributed by atoms with van der Waals surface area (Å²) in [5, 5.41) is 6.64. The molecule has 0 bridgehead atoms. The fourth-order valence-electron chi connectivity index (χ4n) is 4.40. The molecule has 2 aromatic carbocycles. The van der Waals surface area contributed by atoms with Gasteiger partial charge in [-0.1, -0.05) is 19.1 Å². The summed E-state index contributed by atoms with van der Waals surface area (Å²) in [6.07, 6.45) is 5.13. The van der Waals surface area contributed by atoms with Gasteiger partial charge in [0.1, 0.15) is 0 Å². The van der Waals surface area contributed by atoms with E-state index in [1.807, 2.05) is 12.1 Å². The second-order valence-corrected chi connectivity index (χ2v) is 9.11. The van der Waals surface area contributed by atoms with Crippen molar-refractivity contribution in [2.24, 2.45) is 5.92 Å². The molecule has 2 amide bonds. The van der Waals surface area contributed by atoms with Gasteiger partial charge in [-0.2, -0.15) is 0 Å². The van der Waals surface area contributed by atoms with E-state index in [0.29, 0.717) is 22.7 Å². The highest BCUT2D eigenvalue weighted by molar-refractivity contribution is 6.04. The third kappa shape index (κ3) is 4.62. The van der Waals surface area contributed by atoms with Crippen LogP contribution in [0.25, 0.3) is 10.9 Å². The van der Waals surface area contributed by atoms with E-state index in [-0.39, 0.29) is 11.9 Å². The van der Waals surface area contributed by atoms with Crippen molar-refractivity contribution in [2.45, 2.75) is 45.1 Å². The van der Waals surface area contributed by atoms with Crippen LogP contribution < -0.4 is 10.6 Å². The molecular formula is C26H27N3O4. The summed E-state index contributed by atoms with van der Waals surface area (Å²) in [7, 11) is 0. The average Bonchev–Trinajstić information content (AvgIpc) is 3.56. The number of hydrogen-bond acceptors (Lipinski definition) is 4. The Kier molecular flexibility index (Phi) is 5.62. The Morgan fingerprint density at radius 1 is 1.09 bits per heavy atom. The zero-order chi connectivity index (χ0) is 22.9. The van der Waals surface area contributed by atoms with Crippen molar-refractivity contribution in [1.82, 2.24) is 10.3 Å². The molecule has 1 fully saturated rings. The lowest BCUT2D eigenvalue weighted by Crippen LogP contribution is -2.28. The summed E-state index contributed by atoms with van der Waals surface area (Å²) in [5.74, 6) is -0.651. The Bertz CT molecular complexity index is 1240. The molecule has 2 aliphatic rings. The quantitative estimate of drug-likeness (QED) is 0.500. The van der Waals surface area contributed by atoms with Gasteiger partial charge in [0.25, 0.3) is 11.8 Å². The van der Waals surface area contributed by atoms with E-state index in [4.69, 9.17) is 4.74 Å². The number of nitrogens with one attached hydrogen (secondary N) is 3. The highest BCUT2D eigenvalue weighted by Gasteiger charge is 2.25. The van der Waals surface area contributed by atoms with Crippen LogP contribution in [-0.4, -0.2) is 35.4 Å². The third-order valence-corrected chi connectivity index (χ3v) is 6.36. The number of rotatable bonds is 6. The van der Waals surface area contributed by atoms with Crippen LogP contribution in [0.4, 0.5) is 5.69 Å². The summed E-state index contributed by atoms with van der Waals surface area (Å²) >= 11 is 0. The lowest BCUT2D eigenvalue weighted by Gasteiger charge is -2.18. The monoisotopic (exact) mass is 445 g/mol. The van der Waals surface area contributed by atoms with Crippen molar-refractivity contribution < 1.29 is 19.1 Å². The van der Waals surface area contributed by atoms with Crippen LogP contribution in [0.5, 0.6) is 0 Å². The highest BCUT2D eigenvalue weighted by Crippen LogP contribution is 2.32. The largest absolute Gasteiger partial charge is 0.452 e. The van der Waals surface area contributed by atoms with E-state index < -0.39 is 18.5 Å². The fourth-order valence-corrected chi connectivity index (χ4v) is 4.40. The standard InChI is InChI=1S/C26H27N3O4/c1-15-6-10-22-19(12-15)20-13-16(7-11-23(20)28-22)26(32)33-14-24(30)29-21-5-3-2-4-18(21)25(31)27-17-8-9-17/h2-5,7,11,13,15,17,28H,6,8-10,12,14H2,1H3,(H,27,31)(H,29,30)/t15-/m1/s1. The molecular weight excluding hydrogens is 418 g/mol. The number of H-pyrrole nitrogens is 1. The van der Waals surface area contributed by atoms with Gasteiger partial charge in [0, 0.05) is 22.6 Å². The van der Waals surface area contributed by atoms with Gasteiger partial charge in [-0.3, -0.25) is 9.59 Å². The van der Waals surface area contributed by atoms with Crippen molar-refractivity contribution in [3.8, 4) is 0 Å².